The number of ether oxygens (including phenoxy) is 1. The van der Waals surface area contributed by atoms with Gasteiger partial charge in [-0.3, -0.25) is 14.6 Å². The largest absolute Gasteiger partial charge is 0.380 e. The first-order valence-corrected chi connectivity index (χ1v) is 11.2. The van der Waals surface area contributed by atoms with Crippen LogP contribution in [0.5, 0.6) is 0 Å². The third-order valence-corrected chi connectivity index (χ3v) is 6.60. The molecule has 3 atom stereocenters. The van der Waals surface area contributed by atoms with Crippen LogP contribution in [0.3, 0.4) is 0 Å². The predicted octanol–water partition coefficient (Wildman–Crippen LogP) is 1.74. The molecule has 0 unspecified atom stereocenters. The highest BCUT2D eigenvalue weighted by Gasteiger charge is 2.41. The topological polar surface area (TPSA) is 65.1 Å². The zero-order valence-electron chi connectivity index (χ0n) is 18.2. The number of fused-ring (bicyclic) bond motifs is 1. The van der Waals surface area contributed by atoms with E-state index in [0.29, 0.717) is 24.9 Å². The first-order valence-electron chi connectivity index (χ1n) is 11.2. The molecule has 164 valence electrons. The molecule has 0 aromatic carbocycles. The Morgan fingerprint density at radius 1 is 1.28 bits per heavy atom. The number of rotatable bonds is 6. The molecule has 1 N–H and O–H groups in total. The van der Waals surface area contributed by atoms with E-state index in [2.05, 4.69) is 28.6 Å². The maximum absolute atomic E-state index is 12.8. The SMILES string of the molecule is C=C1C[C@@H]2[C@@H](CC1=O)C[C@H](NC(=O)N(C)CCN1CCCOCC1)CN2CCC. The number of Topliss-reactive ketones (excluding diaryl/α,β-unsaturated/α-hetero) is 1. The quantitative estimate of drug-likeness (QED) is 0.681. The Kier molecular flexibility index (Phi) is 8.09. The number of hydrogen-bond donors (Lipinski definition) is 1. The zero-order valence-corrected chi connectivity index (χ0v) is 18.2. The van der Waals surface area contributed by atoms with Gasteiger partial charge in [0.1, 0.15) is 0 Å². The Balaban J connectivity index is 1.51. The Morgan fingerprint density at radius 3 is 2.90 bits per heavy atom. The Morgan fingerprint density at radius 2 is 2.10 bits per heavy atom. The van der Waals surface area contributed by atoms with E-state index in [1.807, 2.05) is 7.05 Å². The zero-order chi connectivity index (χ0) is 20.8. The minimum absolute atomic E-state index is 0.0116. The van der Waals surface area contributed by atoms with Crippen molar-refractivity contribution >= 4 is 11.8 Å². The lowest BCUT2D eigenvalue weighted by Gasteiger charge is -2.47. The van der Waals surface area contributed by atoms with Gasteiger partial charge in [0.25, 0.3) is 0 Å². The molecule has 3 rings (SSSR count). The molecular weight excluding hydrogens is 368 g/mol. The highest BCUT2D eigenvalue weighted by atomic mass is 16.5. The van der Waals surface area contributed by atoms with E-state index in [1.54, 1.807) is 4.90 Å². The molecule has 0 bridgehead atoms. The highest BCUT2D eigenvalue weighted by molar-refractivity contribution is 5.95. The van der Waals surface area contributed by atoms with Crippen LogP contribution in [0.25, 0.3) is 0 Å². The van der Waals surface area contributed by atoms with Crippen LogP contribution < -0.4 is 5.32 Å². The van der Waals surface area contributed by atoms with Gasteiger partial charge in [0.15, 0.2) is 5.78 Å². The molecule has 2 amide bonds. The molecule has 2 heterocycles. The van der Waals surface area contributed by atoms with Gasteiger partial charge >= 0.3 is 6.03 Å². The van der Waals surface area contributed by atoms with Gasteiger partial charge in [-0.15, -0.1) is 0 Å². The smallest absolute Gasteiger partial charge is 0.317 e. The summed E-state index contributed by atoms with van der Waals surface area (Å²) in [7, 11) is 1.87. The van der Waals surface area contributed by atoms with Crippen molar-refractivity contribution in [3.8, 4) is 0 Å². The fourth-order valence-electron chi connectivity index (χ4n) is 4.93. The molecule has 0 aromatic heterocycles. The molecule has 2 saturated heterocycles. The van der Waals surface area contributed by atoms with Crippen LogP contribution in [-0.2, 0) is 9.53 Å². The third-order valence-electron chi connectivity index (χ3n) is 6.60. The number of carbonyl (C=O) groups is 2. The number of likely N-dealkylation sites (tertiary alicyclic amines) is 1. The normalized spacial score (nSPS) is 29.2. The molecule has 1 saturated carbocycles. The number of ketones is 1. The third kappa shape index (κ3) is 6.03. The number of nitrogens with one attached hydrogen (secondary N) is 1. The molecule has 3 fully saturated rings. The van der Waals surface area contributed by atoms with Crippen molar-refractivity contribution in [1.29, 1.82) is 0 Å². The van der Waals surface area contributed by atoms with E-state index in [4.69, 9.17) is 4.74 Å². The lowest BCUT2D eigenvalue weighted by molar-refractivity contribution is -0.119. The maximum atomic E-state index is 12.8. The first-order chi connectivity index (χ1) is 14.0. The summed E-state index contributed by atoms with van der Waals surface area (Å²) in [5.41, 5.74) is 0.772. The lowest BCUT2D eigenvalue weighted by Crippen LogP contribution is -2.58. The minimum atomic E-state index is -0.0116. The summed E-state index contributed by atoms with van der Waals surface area (Å²) in [6.45, 7) is 13.2. The van der Waals surface area contributed by atoms with E-state index >= 15 is 0 Å². The number of nitrogens with zero attached hydrogens (tertiary/aromatic N) is 3. The summed E-state index contributed by atoms with van der Waals surface area (Å²) in [5, 5.41) is 3.23. The van der Waals surface area contributed by atoms with Gasteiger partial charge in [-0.1, -0.05) is 13.5 Å². The fraction of sp³-hybridized carbons (Fsp3) is 0.818. The number of piperidine rings is 1. The predicted molar refractivity (Wildman–Crippen MR) is 114 cm³/mol. The molecule has 0 aromatic rings. The van der Waals surface area contributed by atoms with Crippen molar-refractivity contribution in [3.05, 3.63) is 12.2 Å². The van der Waals surface area contributed by atoms with Gasteiger partial charge in [-0.2, -0.15) is 0 Å². The summed E-state index contributed by atoms with van der Waals surface area (Å²) < 4.78 is 5.50. The Bertz CT molecular complexity index is 589. The summed E-state index contributed by atoms with van der Waals surface area (Å²) >= 11 is 0. The van der Waals surface area contributed by atoms with Crippen molar-refractivity contribution in [2.24, 2.45) is 5.92 Å². The van der Waals surface area contributed by atoms with Gasteiger partial charge in [-0.25, -0.2) is 4.79 Å². The van der Waals surface area contributed by atoms with Crippen LogP contribution in [0.4, 0.5) is 4.79 Å². The molecule has 29 heavy (non-hydrogen) atoms. The second-order valence-electron chi connectivity index (χ2n) is 8.87. The molecule has 3 aliphatic rings. The molecular formula is C22H38N4O3. The van der Waals surface area contributed by atoms with Gasteiger partial charge in [0.05, 0.1) is 6.61 Å². The van der Waals surface area contributed by atoms with Crippen molar-refractivity contribution in [2.75, 3.05) is 59.5 Å². The average molecular weight is 407 g/mol. The van der Waals surface area contributed by atoms with E-state index in [-0.39, 0.29) is 17.9 Å². The number of amides is 2. The molecule has 1 aliphatic carbocycles. The second-order valence-corrected chi connectivity index (χ2v) is 8.87. The van der Waals surface area contributed by atoms with Gasteiger partial charge < -0.3 is 15.0 Å². The number of urea groups is 1. The van der Waals surface area contributed by atoms with Gasteiger partial charge in [0, 0.05) is 64.9 Å². The average Bonchev–Trinajstić information content (AvgIpc) is 2.96. The summed E-state index contributed by atoms with van der Waals surface area (Å²) in [4.78, 5) is 31.6. The number of hydrogen-bond acceptors (Lipinski definition) is 5. The Hall–Kier alpha value is -1.44. The van der Waals surface area contributed by atoms with Crippen LogP contribution in [0, 0.1) is 5.92 Å². The summed E-state index contributed by atoms with van der Waals surface area (Å²) in [6, 6.07) is 0.488. The van der Waals surface area contributed by atoms with E-state index in [9.17, 15) is 9.59 Å². The summed E-state index contributed by atoms with van der Waals surface area (Å²) in [5.74, 6) is 0.522. The minimum Gasteiger partial charge on any atom is -0.380 e. The van der Waals surface area contributed by atoms with Crippen LogP contribution in [-0.4, -0.2) is 98.1 Å². The van der Waals surface area contributed by atoms with E-state index < -0.39 is 0 Å². The molecule has 7 heteroatoms. The van der Waals surface area contributed by atoms with Crippen molar-refractivity contribution in [2.45, 2.75) is 51.1 Å². The van der Waals surface area contributed by atoms with Crippen LogP contribution in [0.15, 0.2) is 12.2 Å². The van der Waals surface area contributed by atoms with Crippen LogP contribution >= 0.6 is 0 Å². The lowest BCUT2D eigenvalue weighted by atomic mass is 9.74. The molecule has 7 nitrogen and oxygen atoms in total. The maximum Gasteiger partial charge on any atom is 0.317 e. The highest BCUT2D eigenvalue weighted by Crippen LogP contribution is 2.35. The molecule has 0 radical (unpaired) electrons. The second kappa shape index (κ2) is 10.5. The Labute approximate surface area is 175 Å². The summed E-state index contributed by atoms with van der Waals surface area (Å²) in [6.07, 6.45) is 4.36. The van der Waals surface area contributed by atoms with Gasteiger partial charge in [0.2, 0.25) is 0 Å². The monoisotopic (exact) mass is 406 g/mol. The first kappa shape index (κ1) is 22.2. The van der Waals surface area contributed by atoms with Crippen LogP contribution in [0.1, 0.15) is 39.0 Å². The molecule has 0 spiro atoms. The standard InChI is InChI=1S/C22H38N4O3/c1-4-6-26-16-19(14-18-15-21(27)17(2)13-20(18)26)23-22(28)24(3)8-9-25-7-5-11-29-12-10-25/h18-20H,2,4-16H2,1,3H3,(H,23,28)/t18-,19+,20-/m1/s1. The van der Waals surface area contributed by atoms with E-state index in [0.717, 1.165) is 77.2 Å². The number of carbonyl (C=O) groups excluding carboxylic acids is 2. The van der Waals surface area contributed by atoms with Crippen LogP contribution in [0.2, 0.25) is 0 Å². The number of likely N-dealkylation sites (N-methyl/N-ethyl adjacent to an activating group) is 1. The van der Waals surface area contributed by atoms with Crippen molar-refractivity contribution < 1.29 is 14.3 Å². The fourth-order valence-corrected chi connectivity index (χ4v) is 4.93. The van der Waals surface area contributed by atoms with Gasteiger partial charge in [-0.05, 0) is 43.7 Å². The van der Waals surface area contributed by atoms with Crippen molar-refractivity contribution in [1.82, 2.24) is 20.0 Å². The van der Waals surface area contributed by atoms with E-state index in [1.165, 1.54) is 0 Å². The van der Waals surface area contributed by atoms with Crippen molar-refractivity contribution in [3.63, 3.8) is 0 Å². The molecule has 2 aliphatic heterocycles.